The molecule has 0 saturated carbocycles. The van der Waals surface area contributed by atoms with E-state index in [1.165, 1.54) is 0 Å². The van der Waals surface area contributed by atoms with E-state index in [-0.39, 0.29) is 6.42 Å². The Labute approximate surface area is 133 Å². The summed E-state index contributed by atoms with van der Waals surface area (Å²) in [7, 11) is -1.48. The van der Waals surface area contributed by atoms with E-state index in [0.29, 0.717) is 10.3 Å². The first-order valence-electron chi connectivity index (χ1n) is 6.36. The Morgan fingerprint density at radius 1 is 1.33 bits per heavy atom. The fourth-order valence-electron chi connectivity index (χ4n) is 1.50. The van der Waals surface area contributed by atoms with Gasteiger partial charge in [-0.15, -0.1) is 0 Å². The second-order valence-corrected chi connectivity index (χ2v) is 8.40. The maximum absolute atomic E-state index is 12.4. The summed E-state index contributed by atoms with van der Waals surface area (Å²) >= 11 is 3.19. The molecule has 0 aliphatic rings. The SMILES string of the molecule is CC(C)(C)[S@@](=O)N[C@@H](CCC(F)(F)F)c1cccc(Br)n1. The molecular weight excluding hydrogens is 369 g/mol. The van der Waals surface area contributed by atoms with Crippen LogP contribution in [0.4, 0.5) is 13.2 Å². The fraction of sp³-hybridized carbons (Fsp3) is 0.615. The summed E-state index contributed by atoms with van der Waals surface area (Å²) in [5.41, 5.74) is 0.436. The van der Waals surface area contributed by atoms with Crippen molar-refractivity contribution in [1.29, 1.82) is 0 Å². The van der Waals surface area contributed by atoms with Gasteiger partial charge in [0, 0.05) is 6.42 Å². The van der Waals surface area contributed by atoms with E-state index >= 15 is 0 Å². The molecular formula is C13H18BrF3N2OS. The monoisotopic (exact) mass is 386 g/mol. The summed E-state index contributed by atoms with van der Waals surface area (Å²) in [6.45, 7) is 5.27. The van der Waals surface area contributed by atoms with Crippen LogP contribution in [0.1, 0.15) is 45.3 Å². The molecule has 0 aromatic carbocycles. The average Bonchev–Trinajstić information content (AvgIpc) is 2.31. The zero-order valence-electron chi connectivity index (χ0n) is 12.0. The molecule has 0 saturated heterocycles. The van der Waals surface area contributed by atoms with Gasteiger partial charge >= 0.3 is 6.18 Å². The van der Waals surface area contributed by atoms with E-state index in [0.717, 1.165) is 0 Å². The molecule has 0 bridgehead atoms. The summed E-state index contributed by atoms with van der Waals surface area (Å²) in [5, 5.41) is 0. The Kier molecular flexibility index (Phi) is 6.36. The number of pyridine rings is 1. The zero-order chi connectivity index (χ0) is 16.3. The van der Waals surface area contributed by atoms with Gasteiger partial charge in [-0.05, 0) is 55.3 Å². The van der Waals surface area contributed by atoms with Crippen molar-refractivity contribution in [1.82, 2.24) is 9.71 Å². The van der Waals surface area contributed by atoms with Crippen LogP contribution in [0.5, 0.6) is 0 Å². The van der Waals surface area contributed by atoms with Crippen molar-refractivity contribution < 1.29 is 17.4 Å². The van der Waals surface area contributed by atoms with Gasteiger partial charge in [0.05, 0.1) is 27.5 Å². The minimum atomic E-state index is -4.25. The van der Waals surface area contributed by atoms with Gasteiger partial charge in [-0.2, -0.15) is 13.2 Å². The number of alkyl halides is 3. The first kappa shape index (κ1) is 18.6. The second-order valence-electron chi connectivity index (χ2n) is 5.59. The minimum Gasteiger partial charge on any atom is -0.244 e. The van der Waals surface area contributed by atoms with Gasteiger partial charge in [0.1, 0.15) is 4.60 Å². The molecule has 2 atom stereocenters. The number of hydrogen-bond donors (Lipinski definition) is 1. The van der Waals surface area contributed by atoms with E-state index in [9.17, 15) is 17.4 Å². The van der Waals surface area contributed by atoms with E-state index < -0.39 is 34.4 Å². The predicted octanol–water partition coefficient (Wildman–Crippen LogP) is 4.28. The third-order valence-electron chi connectivity index (χ3n) is 2.62. The van der Waals surface area contributed by atoms with Crippen molar-refractivity contribution >= 4 is 26.9 Å². The van der Waals surface area contributed by atoms with Gasteiger partial charge < -0.3 is 0 Å². The summed E-state index contributed by atoms with van der Waals surface area (Å²) < 4.78 is 52.2. The number of rotatable bonds is 5. The van der Waals surface area contributed by atoms with Gasteiger partial charge in [0.25, 0.3) is 0 Å². The fourth-order valence-corrected chi connectivity index (χ4v) is 2.71. The van der Waals surface area contributed by atoms with Crippen LogP contribution >= 0.6 is 15.9 Å². The molecule has 0 aliphatic carbocycles. The Bertz CT molecular complexity index is 503. The van der Waals surface area contributed by atoms with Crippen LogP contribution in [0.25, 0.3) is 0 Å². The third kappa shape index (κ3) is 6.88. The molecule has 0 spiro atoms. The maximum Gasteiger partial charge on any atom is 0.389 e. The van der Waals surface area contributed by atoms with Gasteiger partial charge in [0.2, 0.25) is 0 Å². The highest BCUT2D eigenvalue weighted by Crippen LogP contribution is 2.28. The second kappa shape index (κ2) is 7.19. The van der Waals surface area contributed by atoms with Crippen LogP contribution in [0, 0.1) is 0 Å². The topological polar surface area (TPSA) is 42.0 Å². The van der Waals surface area contributed by atoms with Crippen LogP contribution in [0.15, 0.2) is 22.8 Å². The lowest BCUT2D eigenvalue weighted by atomic mass is 10.1. The molecule has 1 N–H and O–H groups in total. The summed E-state index contributed by atoms with van der Waals surface area (Å²) in [5.74, 6) is 0. The van der Waals surface area contributed by atoms with Gasteiger partial charge in [-0.1, -0.05) is 6.07 Å². The molecule has 1 heterocycles. The van der Waals surface area contributed by atoms with Crippen LogP contribution in [-0.4, -0.2) is 20.1 Å². The van der Waals surface area contributed by atoms with Gasteiger partial charge in [0.15, 0.2) is 0 Å². The lowest BCUT2D eigenvalue weighted by molar-refractivity contribution is -0.136. The lowest BCUT2D eigenvalue weighted by Gasteiger charge is -2.24. The Morgan fingerprint density at radius 2 is 1.95 bits per heavy atom. The summed E-state index contributed by atoms with van der Waals surface area (Å²) in [6.07, 6.45) is -5.43. The molecule has 1 aromatic rings. The molecule has 0 unspecified atom stereocenters. The molecule has 0 radical (unpaired) electrons. The number of aromatic nitrogens is 1. The highest BCUT2D eigenvalue weighted by atomic mass is 79.9. The molecule has 1 aromatic heterocycles. The Balaban J connectivity index is 2.92. The van der Waals surface area contributed by atoms with Crippen molar-refractivity contribution in [3.63, 3.8) is 0 Å². The molecule has 120 valence electrons. The smallest absolute Gasteiger partial charge is 0.244 e. The van der Waals surface area contributed by atoms with E-state index in [1.54, 1.807) is 39.0 Å². The van der Waals surface area contributed by atoms with Crippen LogP contribution in [0.3, 0.4) is 0 Å². The average molecular weight is 387 g/mol. The first-order valence-corrected chi connectivity index (χ1v) is 8.30. The summed E-state index contributed by atoms with van der Waals surface area (Å²) in [6, 6.07) is 4.28. The molecule has 0 aliphatic heterocycles. The van der Waals surface area contributed by atoms with Crippen molar-refractivity contribution in [3.05, 3.63) is 28.5 Å². The van der Waals surface area contributed by atoms with Gasteiger partial charge in [-0.25, -0.2) is 13.9 Å². The summed E-state index contributed by atoms with van der Waals surface area (Å²) in [4.78, 5) is 4.16. The standard InChI is InChI=1S/C13H18BrF3N2OS/c1-12(2,3)21(20)19-10(7-8-13(15,16)17)9-5-4-6-11(14)18-9/h4-6,10,19H,7-8H2,1-3H3/t10-,21+/m0/s1. The largest absolute Gasteiger partial charge is 0.389 e. The molecule has 1 rings (SSSR count). The molecule has 21 heavy (non-hydrogen) atoms. The van der Waals surface area contributed by atoms with Crippen LogP contribution < -0.4 is 4.72 Å². The molecule has 0 fully saturated rings. The molecule has 8 heteroatoms. The number of halogens is 4. The van der Waals surface area contributed by atoms with E-state index in [4.69, 9.17) is 0 Å². The van der Waals surface area contributed by atoms with Crippen LogP contribution in [-0.2, 0) is 11.0 Å². The highest BCUT2D eigenvalue weighted by Gasteiger charge is 2.31. The van der Waals surface area contributed by atoms with Crippen molar-refractivity contribution in [3.8, 4) is 0 Å². The normalized spacial score (nSPS) is 15.8. The van der Waals surface area contributed by atoms with E-state index in [2.05, 4.69) is 25.6 Å². The van der Waals surface area contributed by atoms with Gasteiger partial charge in [-0.3, -0.25) is 0 Å². The van der Waals surface area contributed by atoms with Crippen molar-refractivity contribution in [2.24, 2.45) is 0 Å². The Morgan fingerprint density at radius 3 is 2.43 bits per heavy atom. The number of nitrogens with zero attached hydrogens (tertiary/aromatic N) is 1. The number of hydrogen-bond acceptors (Lipinski definition) is 2. The highest BCUT2D eigenvalue weighted by molar-refractivity contribution is 9.10. The third-order valence-corrected chi connectivity index (χ3v) is 4.67. The van der Waals surface area contributed by atoms with Crippen molar-refractivity contribution in [2.75, 3.05) is 0 Å². The lowest BCUT2D eigenvalue weighted by Crippen LogP contribution is -2.36. The molecule has 3 nitrogen and oxygen atoms in total. The Hall–Kier alpha value is -0.470. The first-order chi connectivity index (χ1) is 9.49. The maximum atomic E-state index is 12.4. The quantitative estimate of drug-likeness (QED) is 0.767. The minimum absolute atomic E-state index is 0.214. The molecule has 0 amide bonds. The van der Waals surface area contributed by atoms with Crippen molar-refractivity contribution in [2.45, 2.75) is 50.6 Å². The van der Waals surface area contributed by atoms with Crippen LogP contribution in [0.2, 0.25) is 0 Å². The van der Waals surface area contributed by atoms with E-state index in [1.807, 2.05) is 0 Å². The number of nitrogens with one attached hydrogen (secondary N) is 1. The predicted molar refractivity (Wildman–Crippen MR) is 81.0 cm³/mol. The zero-order valence-corrected chi connectivity index (χ0v) is 14.4.